The maximum absolute atomic E-state index is 12.0. The number of rotatable bonds is 3. The standard InChI is InChI=1S/C13H20N4O/c1-14-11-3-4-12(15-9-11)13(18)16-10-5-7-17(2)8-6-10/h3-4,9-10,14H,5-8H2,1-2H3,(H,16,18). The second kappa shape index (κ2) is 5.82. The summed E-state index contributed by atoms with van der Waals surface area (Å²) in [6.45, 7) is 2.08. The van der Waals surface area contributed by atoms with Gasteiger partial charge in [-0.15, -0.1) is 0 Å². The number of piperidine rings is 1. The van der Waals surface area contributed by atoms with Crippen LogP contribution in [0.4, 0.5) is 5.69 Å². The Kier molecular flexibility index (Phi) is 4.15. The van der Waals surface area contributed by atoms with Gasteiger partial charge in [0.15, 0.2) is 0 Å². The number of carbonyl (C=O) groups excluding carboxylic acids is 1. The molecule has 1 aliphatic heterocycles. The molecule has 0 aromatic carbocycles. The first kappa shape index (κ1) is 12.8. The number of pyridine rings is 1. The van der Waals surface area contributed by atoms with E-state index in [-0.39, 0.29) is 11.9 Å². The quantitative estimate of drug-likeness (QED) is 0.836. The Balaban J connectivity index is 1.90. The number of nitrogens with zero attached hydrogens (tertiary/aromatic N) is 2. The topological polar surface area (TPSA) is 57.3 Å². The third kappa shape index (κ3) is 3.20. The third-order valence-electron chi connectivity index (χ3n) is 3.34. The summed E-state index contributed by atoms with van der Waals surface area (Å²) < 4.78 is 0. The number of carbonyl (C=O) groups is 1. The lowest BCUT2D eigenvalue weighted by Crippen LogP contribution is -2.43. The van der Waals surface area contributed by atoms with E-state index in [1.807, 2.05) is 13.1 Å². The summed E-state index contributed by atoms with van der Waals surface area (Å²) in [6, 6.07) is 3.88. The molecular formula is C13H20N4O. The highest BCUT2D eigenvalue weighted by molar-refractivity contribution is 5.92. The predicted molar refractivity (Wildman–Crippen MR) is 71.8 cm³/mol. The van der Waals surface area contributed by atoms with Gasteiger partial charge in [-0.25, -0.2) is 4.98 Å². The van der Waals surface area contributed by atoms with E-state index in [1.54, 1.807) is 12.3 Å². The molecule has 2 N–H and O–H groups in total. The van der Waals surface area contributed by atoms with Crippen molar-refractivity contribution < 1.29 is 4.79 Å². The second-order valence-electron chi connectivity index (χ2n) is 4.73. The van der Waals surface area contributed by atoms with Crippen molar-refractivity contribution in [1.82, 2.24) is 15.2 Å². The summed E-state index contributed by atoms with van der Waals surface area (Å²) in [5, 5.41) is 6.02. The molecule has 18 heavy (non-hydrogen) atoms. The smallest absolute Gasteiger partial charge is 0.270 e. The molecule has 2 rings (SSSR count). The minimum absolute atomic E-state index is 0.0767. The molecule has 5 heteroatoms. The molecule has 0 bridgehead atoms. The lowest BCUT2D eigenvalue weighted by molar-refractivity contribution is 0.0912. The minimum atomic E-state index is -0.0767. The number of aromatic nitrogens is 1. The van der Waals surface area contributed by atoms with Crippen molar-refractivity contribution in [2.45, 2.75) is 18.9 Å². The monoisotopic (exact) mass is 248 g/mol. The van der Waals surface area contributed by atoms with Gasteiger partial charge in [0.05, 0.1) is 11.9 Å². The summed E-state index contributed by atoms with van der Waals surface area (Å²) in [7, 11) is 3.94. The van der Waals surface area contributed by atoms with Crippen LogP contribution in [0.25, 0.3) is 0 Å². The number of nitrogens with one attached hydrogen (secondary N) is 2. The van der Waals surface area contributed by atoms with Crippen LogP contribution in [0.2, 0.25) is 0 Å². The maximum Gasteiger partial charge on any atom is 0.270 e. The van der Waals surface area contributed by atoms with Crippen molar-refractivity contribution in [3.05, 3.63) is 24.0 Å². The van der Waals surface area contributed by atoms with Crippen molar-refractivity contribution in [3.63, 3.8) is 0 Å². The number of hydrogen-bond donors (Lipinski definition) is 2. The molecular weight excluding hydrogens is 228 g/mol. The zero-order valence-corrected chi connectivity index (χ0v) is 10.9. The molecule has 0 aliphatic carbocycles. The fourth-order valence-corrected chi connectivity index (χ4v) is 2.09. The number of likely N-dealkylation sites (tertiary alicyclic amines) is 1. The Bertz CT molecular complexity index is 396. The van der Waals surface area contributed by atoms with Gasteiger partial charge in [-0.3, -0.25) is 4.79 Å². The summed E-state index contributed by atoms with van der Waals surface area (Å²) >= 11 is 0. The molecule has 0 radical (unpaired) electrons. The van der Waals surface area contributed by atoms with E-state index in [1.165, 1.54) is 0 Å². The van der Waals surface area contributed by atoms with Gasteiger partial charge in [0.25, 0.3) is 5.91 Å². The summed E-state index contributed by atoms with van der Waals surface area (Å²) in [4.78, 5) is 18.4. The normalized spacial score (nSPS) is 17.4. The van der Waals surface area contributed by atoms with Gasteiger partial charge in [-0.2, -0.15) is 0 Å². The SMILES string of the molecule is CNc1ccc(C(=O)NC2CCN(C)CC2)nc1. The first-order chi connectivity index (χ1) is 8.69. The van der Waals surface area contributed by atoms with Crippen LogP contribution in [0.5, 0.6) is 0 Å². The minimum Gasteiger partial charge on any atom is -0.387 e. The van der Waals surface area contributed by atoms with Crippen molar-refractivity contribution in [2.24, 2.45) is 0 Å². The predicted octanol–water partition coefficient (Wildman–Crippen LogP) is 0.947. The lowest BCUT2D eigenvalue weighted by Gasteiger charge is -2.29. The molecule has 1 saturated heterocycles. The summed E-state index contributed by atoms with van der Waals surface area (Å²) in [6.07, 6.45) is 3.69. The van der Waals surface area contributed by atoms with E-state index >= 15 is 0 Å². The van der Waals surface area contributed by atoms with Crippen LogP contribution in [0.1, 0.15) is 23.3 Å². The van der Waals surface area contributed by atoms with E-state index in [9.17, 15) is 4.79 Å². The average Bonchev–Trinajstić information content (AvgIpc) is 2.41. The number of anilines is 1. The highest BCUT2D eigenvalue weighted by atomic mass is 16.1. The Morgan fingerprint density at radius 3 is 2.67 bits per heavy atom. The van der Waals surface area contributed by atoms with Crippen molar-refractivity contribution >= 4 is 11.6 Å². The molecule has 1 aliphatic rings. The molecule has 98 valence electrons. The molecule has 0 unspecified atom stereocenters. The lowest BCUT2D eigenvalue weighted by atomic mass is 10.1. The van der Waals surface area contributed by atoms with E-state index in [0.29, 0.717) is 5.69 Å². The van der Waals surface area contributed by atoms with E-state index in [2.05, 4.69) is 27.6 Å². The number of amides is 1. The fraction of sp³-hybridized carbons (Fsp3) is 0.538. The molecule has 1 aromatic rings. The highest BCUT2D eigenvalue weighted by Gasteiger charge is 2.19. The zero-order chi connectivity index (χ0) is 13.0. The fourth-order valence-electron chi connectivity index (χ4n) is 2.09. The Morgan fingerprint density at radius 1 is 1.39 bits per heavy atom. The van der Waals surface area contributed by atoms with Gasteiger partial charge in [-0.1, -0.05) is 0 Å². The Labute approximate surface area is 108 Å². The van der Waals surface area contributed by atoms with E-state index in [4.69, 9.17) is 0 Å². The molecule has 2 heterocycles. The third-order valence-corrected chi connectivity index (χ3v) is 3.34. The molecule has 0 atom stereocenters. The first-order valence-electron chi connectivity index (χ1n) is 6.32. The van der Waals surface area contributed by atoms with Crippen molar-refractivity contribution in [3.8, 4) is 0 Å². The van der Waals surface area contributed by atoms with Gasteiger partial charge in [0, 0.05) is 13.1 Å². The first-order valence-corrected chi connectivity index (χ1v) is 6.32. The molecule has 1 aromatic heterocycles. The van der Waals surface area contributed by atoms with E-state index < -0.39 is 0 Å². The molecule has 0 saturated carbocycles. The number of hydrogen-bond acceptors (Lipinski definition) is 4. The van der Waals surface area contributed by atoms with Gasteiger partial charge in [0.1, 0.15) is 5.69 Å². The van der Waals surface area contributed by atoms with Crippen LogP contribution < -0.4 is 10.6 Å². The summed E-state index contributed by atoms with van der Waals surface area (Å²) in [5.41, 5.74) is 1.39. The second-order valence-corrected chi connectivity index (χ2v) is 4.73. The Hall–Kier alpha value is -1.62. The highest BCUT2D eigenvalue weighted by Crippen LogP contribution is 2.10. The molecule has 5 nitrogen and oxygen atoms in total. The van der Waals surface area contributed by atoms with Gasteiger partial charge in [-0.05, 0) is 45.1 Å². The van der Waals surface area contributed by atoms with Crippen LogP contribution in [0.15, 0.2) is 18.3 Å². The zero-order valence-electron chi connectivity index (χ0n) is 10.9. The van der Waals surface area contributed by atoms with E-state index in [0.717, 1.165) is 31.6 Å². The van der Waals surface area contributed by atoms with Gasteiger partial charge < -0.3 is 15.5 Å². The molecule has 1 fully saturated rings. The van der Waals surface area contributed by atoms with Crippen LogP contribution in [0.3, 0.4) is 0 Å². The van der Waals surface area contributed by atoms with Gasteiger partial charge >= 0.3 is 0 Å². The van der Waals surface area contributed by atoms with Crippen molar-refractivity contribution in [1.29, 1.82) is 0 Å². The van der Waals surface area contributed by atoms with Gasteiger partial charge in [0.2, 0.25) is 0 Å². The van der Waals surface area contributed by atoms with Crippen molar-refractivity contribution in [2.75, 3.05) is 32.5 Å². The van der Waals surface area contributed by atoms with Crippen LogP contribution >= 0.6 is 0 Å². The van der Waals surface area contributed by atoms with Crippen LogP contribution in [0, 0.1) is 0 Å². The largest absolute Gasteiger partial charge is 0.387 e. The summed E-state index contributed by atoms with van der Waals surface area (Å²) in [5.74, 6) is -0.0767. The van der Waals surface area contributed by atoms with Crippen LogP contribution in [-0.4, -0.2) is 49.0 Å². The average molecular weight is 248 g/mol. The molecule has 0 spiro atoms. The Morgan fingerprint density at radius 2 is 2.11 bits per heavy atom. The van der Waals surface area contributed by atoms with Crippen LogP contribution in [-0.2, 0) is 0 Å². The maximum atomic E-state index is 12.0. The molecule has 1 amide bonds.